The molecule has 1 fully saturated rings. The molecule has 2 aliphatic carbocycles. The lowest BCUT2D eigenvalue weighted by molar-refractivity contribution is -0.125. The number of aldehydes is 1. The molecule has 55 heavy (non-hydrogen) atoms. The van der Waals surface area contributed by atoms with E-state index in [9.17, 15) is 14.7 Å². The van der Waals surface area contributed by atoms with Crippen LogP contribution in [-0.4, -0.2) is 60.0 Å². The lowest BCUT2D eigenvalue weighted by Gasteiger charge is -2.31. The standard InChI is InChI=1S/C30H29F2NO4S.C13H26N2O2/c31-30(32,27-15-13-25(18-28(27)35)37-22-6-2-1-3-7-22)29(19-34)33-38-26-14-11-20-16-24(12-10-21(20)17-26)36-23-8-4-5-9-23;1-7-9-11(14-6)10(8-2)15-12(16)17-13(3,4)5/h1-3,6-7,10-14,16-19,23,27,29,33,35H,4-5,8-9,15H2;10H,7-9H2,1-6H3,(H,15,16). The molecule has 298 valence electrons. The number of alkyl carbamates (subject to hydrolysis) is 1. The van der Waals surface area contributed by atoms with Gasteiger partial charge in [0.2, 0.25) is 0 Å². The van der Waals surface area contributed by atoms with Gasteiger partial charge in [-0.15, -0.1) is 0 Å². The van der Waals surface area contributed by atoms with Gasteiger partial charge in [0.15, 0.2) is 0 Å². The van der Waals surface area contributed by atoms with Crippen molar-refractivity contribution in [1.82, 2.24) is 10.0 Å². The summed E-state index contributed by atoms with van der Waals surface area (Å²) >= 11 is 0.959. The minimum atomic E-state index is -3.53. The SMILES string of the molecule is CCCC(=NC)C(CC)NC(=O)OC(C)(C)C.O=CC(NSc1ccc2cc(OC3CCCC3)ccc2c1)C(F)(F)C1CC=C(Oc2ccccc2)C=C1O. The van der Waals surface area contributed by atoms with E-state index in [2.05, 4.69) is 22.0 Å². The predicted molar refractivity (Wildman–Crippen MR) is 216 cm³/mol. The number of rotatable bonds is 15. The molecule has 3 unspecified atom stereocenters. The van der Waals surface area contributed by atoms with Gasteiger partial charge in [-0.3, -0.25) is 4.99 Å². The number of carbonyl (C=O) groups excluding carboxylic acids is 2. The number of alkyl halides is 2. The average molecular weight is 780 g/mol. The lowest BCUT2D eigenvalue weighted by Crippen LogP contribution is -2.49. The van der Waals surface area contributed by atoms with Crippen molar-refractivity contribution < 1.29 is 37.7 Å². The first-order valence-electron chi connectivity index (χ1n) is 19.0. The molecule has 0 bridgehead atoms. The monoisotopic (exact) mass is 779 g/mol. The number of allylic oxidation sites excluding steroid dienone is 3. The van der Waals surface area contributed by atoms with E-state index in [-0.39, 0.29) is 36.7 Å². The summed E-state index contributed by atoms with van der Waals surface area (Å²) < 4.78 is 50.3. The van der Waals surface area contributed by atoms with Crippen LogP contribution in [0.5, 0.6) is 11.5 Å². The first-order valence-corrected chi connectivity index (χ1v) is 19.8. The molecule has 3 aromatic carbocycles. The highest BCUT2D eigenvalue weighted by Gasteiger charge is 2.49. The third-order valence-corrected chi connectivity index (χ3v) is 10.0. The van der Waals surface area contributed by atoms with Crippen molar-refractivity contribution in [1.29, 1.82) is 0 Å². The number of amides is 1. The Kier molecular flexibility index (Phi) is 16.1. The van der Waals surface area contributed by atoms with E-state index >= 15 is 8.78 Å². The van der Waals surface area contributed by atoms with Crippen LogP contribution >= 0.6 is 11.9 Å². The topological polar surface area (TPSA) is 118 Å². The van der Waals surface area contributed by atoms with Crippen molar-refractivity contribution in [2.24, 2.45) is 10.9 Å². The maximum atomic E-state index is 15.4. The lowest BCUT2D eigenvalue weighted by atomic mass is 9.88. The van der Waals surface area contributed by atoms with Crippen LogP contribution < -0.4 is 19.5 Å². The van der Waals surface area contributed by atoms with Crippen LogP contribution in [0.2, 0.25) is 0 Å². The molecule has 0 heterocycles. The van der Waals surface area contributed by atoms with Gasteiger partial charge in [0.1, 0.15) is 40.9 Å². The first-order chi connectivity index (χ1) is 26.3. The van der Waals surface area contributed by atoms with E-state index in [1.165, 1.54) is 25.0 Å². The second-order valence-corrected chi connectivity index (χ2v) is 15.6. The number of aliphatic hydroxyl groups excluding tert-OH is 1. The summed E-state index contributed by atoms with van der Waals surface area (Å²) in [6, 6.07) is 18.5. The number of nitrogens with zero attached hydrogens (tertiary/aromatic N) is 1. The van der Waals surface area contributed by atoms with Crippen molar-refractivity contribution in [2.75, 3.05) is 7.05 Å². The third kappa shape index (κ3) is 13.1. The van der Waals surface area contributed by atoms with E-state index in [0.29, 0.717) is 10.6 Å². The van der Waals surface area contributed by atoms with Crippen LogP contribution in [0, 0.1) is 5.92 Å². The second kappa shape index (κ2) is 20.5. The number of aliphatic imine (C=N–C) groups is 1. The molecule has 5 rings (SSSR count). The zero-order valence-corrected chi connectivity index (χ0v) is 33.5. The van der Waals surface area contributed by atoms with E-state index in [1.54, 1.807) is 31.3 Å². The zero-order valence-electron chi connectivity index (χ0n) is 32.6. The fourth-order valence-electron chi connectivity index (χ4n) is 6.36. The first kappa shape index (κ1) is 43.3. The molecule has 1 amide bonds. The normalized spacial score (nSPS) is 17.6. The Morgan fingerprint density at radius 1 is 1.02 bits per heavy atom. The molecular formula is C43H55F2N3O6S. The van der Waals surface area contributed by atoms with Gasteiger partial charge in [-0.05, 0) is 131 Å². The van der Waals surface area contributed by atoms with Gasteiger partial charge in [-0.25, -0.2) is 18.3 Å². The van der Waals surface area contributed by atoms with Crippen LogP contribution in [0.4, 0.5) is 13.6 Å². The van der Waals surface area contributed by atoms with Crippen molar-refractivity contribution in [2.45, 2.75) is 121 Å². The summed E-state index contributed by atoms with van der Waals surface area (Å²) in [6.07, 6.45) is 9.90. The molecular weight excluding hydrogens is 725 g/mol. The van der Waals surface area contributed by atoms with E-state index in [4.69, 9.17) is 14.2 Å². The number of ether oxygens (including phenoxy) is 3. The Balaban J connectivity index is 0.000000335. The molecule has 0 aliphatic heterocycles. The fraction of sp³-hybridized carbons (Fsp3) is 0.465. The number of benzene rings is 3. The van der Waals surface area contributed by atoms with Gasteiger partial charge in [0.05, 0.1) is 18.1 Å². The average Bonchev–Trinajstić information content (AvgIpc) is 3.66. The summed E-state index contributed by atoms with van der Waals surface area (Å²) in [4.78, 5) is 28.3. The van der Waals surface area contributed by atoms with Crippen LogP contribution in [0.3, 0.4) is 0 Å². The van der Waals surface area contributed by atoms with E-state index in [1.807, 2.05) is 70.2 Å². The van der Waals surface area contributed by atoms with Crippen LogP contribution in [-0.2, 0) is 9.53 Å². The van der Waals surface area contributed by atoms with Gasteiger partial charge in [-0.2, -0.15) is 0 Å². The second-order valence-electron chi connectivity index (χ2n) is 14.7. The van der Waals surface area contributed by atoms with Crippen molar-refractivity contribution in [3.8, 4) is 11.5 Å². The quantitative estimate of drug-likeness (QED) is 0.0793. The van der Waals surface area contributed by atoms with Gasteiger partial charge in [-0.1, -0.05) is 50.6 Å². The largest absolute Gasteiger partial charge is 0.512 e. The molecule has 0 saturated heterocycles. The Morgan fingerprint density at radius 2 is 1.71 bits per heavy atom. The summed E-state index contributed by atoms with van der Waals surface area (Å²) in [6.45, 7) is 9.70. The minimum Gasteiger partial charge on any atom is -0.512 e. The minimum absolute atomic E-state index is 0.0187. The number of aliphatic hydroxyl groups is 1. The number of fused-ring (bicyclic) bond motifs is 1. The van der Waals surface area contributed by atoms with Crippen molar-refractivity contribution in [3.05, 3.63) is 90.4 Å². The van der Waals surface area contributed by atoms with Crippen molar-refractivity contribution >= 4 is 40.8 Å². The molecule has 3 N–H and O–H groups in total. The number of halogens is 2. The van der Waals surface area contributed by atoms with E-state index in [0.717, 1.165) is 66.3 Å². The van der Waals surface area contributed by atoms with Gasteiger partial charge >= 0.3 is 6.09 Å². The zero-order chi connectivity index (χ0) is 40.0. The van der Waals surface area contributed by atoms with Crippen LogP contribution in [0.25, 0.3) is 10.8 Å². The van der Waals surface area contributed by atoms with Gasteiger partial charge in [0.25, 0.3) is 5.92 Å². The summed E-state index contributed by atoms with van der Waals surface area (Å²) in [5.41, 5.74) is 0.567. The predicted octanol–water partition coefficient (Wildman–Crippen LogP) is 10.5. The molecule has 0 radical (unpaired) electrons. The highest BCUT2D eigenvalue weighted by Crippen LogP contribution is 2.39. The molecule has 9 nitrogen and oxygen atoms in total. The Hall–Kier alpha value is -4.42. The number of nitrogens with one attached hydrogen (secondary N) is 2. The molecule has 0 spiro atoms. The smallest absolute Gasteiger partial charge is 0.408 e. The Bertz CT molecular complexity index is 1800. The Labute approximate surface area is 328 Å². The number of hydrogen-bond acceptors (Lipinski definition) is 9. The summed E-state index contributed by atoms with van der Waals surface area (Å²) in [5, 5.41) is 15.2. The maximum Gasteiger partial charge on any atom is 0.408 e. The summed E-state index contributed by atoms with van der Waals surface area (Å²) in [5.74, 6) is -3.97. The van der Waals surface area contributed by atoms with Gasteiger partial charge in [0, 0.05) is 23.7 Å². The highest BCUT2D eigenvalue weighted by atomic mass is 32.2. The van der Waals surface area contributed by atoms with E-state index < -0.39 is 29.2 Å². The number of para-hydroxylation sites is 1. The van der Waals surface area contributed by atoms with Crippen LogP contribution in [0.1, 0.15) is 86.0 Å². The molecule has 3 aromatic rings. The molecule has 1 saturated carbocycles. The molecule has 3 atom stereocenters. The summed E-state index contributed by atoms with van der Waals surface area (Å²) in [7, 11) is 1.77. The molecule has 0 aromatic heterocycles. The fourth-order valence-corrected chi connectivity index (χ4v) is 7.16. The number of hydrogen-bond donors (Lipinski definition) is 3. The highest BCUT2D eigenvalue weighted by molar-refractivity contribution is 7.97. The van der Waals surface area contributed by atoms with Crippen LogP contribution in [0.15, 0.2) is 100 Å². The Morgan fingerprint density at radius 3 is 2.33 bits per heavy atom. The van der Waals surface area contributed by atoms with Crippen molar-refractivity contribution in [3.63, 3.8) is 0 Å². The third-order valence-electron chi connectivity index (χ3n) is 9.18. The van der Waals surface area contributed by atoms with Gasteiger partial charge < -0.3 is 29.4 Å². The number of carbonyl (C=O) groups is 2. The molecule has 2 aliphatic rings. The maximum absolute atomic E-state index is 15.4. The molecule has 12 heteroatoms.